The van der Waals surface area contributed by atoms with E-state index in [1.807, 2.05) is 6.07 Å². The average molecular weight is 281 g/mol. The molecular formula is C13H7Cl2FN2. The Bertz CT molecular complexity index is 720. The van der Waals surface area contributed by atoms with Crippen molar-refractivity contribution < 1.29 is 4.39 Å². The Morgan fingerprint density at radius 2 is 1.83 bits per heavy atom. The van der Waals surface area contributed by atoms with E-state index in [0.29, 0.717) is 10.3 Å². The van der Waals surface area contributed by atoms with Crippen LogP contribution >= 0.6 is 23.2 Å². The molecule has 3 rings (SSSR count). The van der Waals surface area contributed by atoms with Crippen molar-refractivity contribution in [2.45, 2.75) is 0 Å². The average Bonchev–Trinajstić information content (AvgIpc) is 2.70. The zero-order valence-electron chi connectivity index (χ0n) is 9.07. The fourth-order valence-electron chi connectivity index (χ4n) is 1.87. The van der Waals surface area contributed by atoms with Gasteiger partial charge in [0, 0.05) is 18.0 Å². The fraction of sp³-hybridized carbons (Fsp3) is 0. The second-order valence-electron chi connectivity index (χ2n) is 3.83. The third kappa shape index (κ3) is 1.76. The molecule has 0 aliphatic rings. The summed E-state index contributed by atoms with van der Waals surface area (Å²) in [7, 11) is 0. The summed E-state index contributed by atoms with van der Waals surface area (Å²) in [5.41, 5.74) is 2.36. The van der Waals surface area contributed by atoms with Crippen molar-refractivity contribution in [2.24, 2.45) is 0 Å². The molecule has 18 heavy (non-hydrogen) atoms. The number of benzene rings is 1. The lowest BCUT2D eigenvalue weighted by atomic mass is 10.1. The maximum Gasteiger partial charge on any atom is 0.153 e. The van der Waals surface area contributed by atoms with E-state index in [0.717, 1.165) is 16.6 Å². The number of nitrogens with zero attached hydrogens (tertiary/aromatic N) is 2. The summed E-state index contributed by atoms with van der Waals surface area (Å²) in [4.78, 5) is 4.00. The van der Waals surface area contributed by atoms with Crippen LogP contribution in [0, 0.1) is 5.82 Å². The Balaban J connectivity index is 2.27. The topological polar surface area (TPSA) is 17.3 Å². The van der Waals surface area contributed by atoms with E-state index in [9.17, 15) is 4.39 Å². The summed E-state index contributed by atoms with van der Waals surface area (Å²) in [5.74, 6) is -0.279. The lowest BCUT2D eigenvalue weighted by Crippen LogP contribution is -1.85. The van der Waals surface area contributed by atoms with E-state index < -0.39 is 0 Å². The van der Waals surface area contributed by atoms with Gasteiger partial charge in [-0.3, -0.25) is 0 Å². The van der Waals surface area contributed by atoms with E-state index in [1.54, 1.807) is 28.9 Å². The first-order chi connectivity index (χ1) is 8.66. The van der Waals surface area contributed by atoms with Crippen LogP contribution in [0.4, 0.5) is 4.39 Å². The summed E-state index contributed by atoms with van der Waals surface area (Å²) < 4.78 is 14.6. The minimum absolute atomic E-state index is 0.279. The molecule has 0 aliphatic carbocycles. The molecule has 0 aliphatic heterocycles. The van der Waals surface area contributed by atoms with Gasteiger partial charge in [0.05, 0.1) is 5.52 Å². The van der Waals surface area contributed by atoms with Crippen molar-refractivity contribution >= 4 is 28.7 Å². The van der Waals surface area contributed by atoms with E-state index in [1.165, 1.54) is 12.1 Å². The van der Waals surface area contributed by atoms with Crippen LogP contribution in [0.15, 0.2) is 42.7 Å². The lowest BCUT2D eigenvalue weighted by Gasteiger charge is -1.99. The highest BCUT2D eigenvalue weighted by molar-refractivity contribution is 6.35. The van der Waals surface area contributed by atoms with E-state index in [2.05, 4.69) is 4.98 Å². The van der Waals surface area contributed by atoms with Crippen LogP contribution in [0.2, 0.25) is 10.3 Å². The van der Waals surface area contributed by atoms with Gasteiger partial charge in [-0.2, -0.15) is 0 Å². The van der Waals surface area contributed by atoms with Crippen molar-refractivity contribution in [1.82, 2.24) is 9.38 Å². The molecule has 2 aromatic heterocycles. The molecule has 0 saturated carbocycles. The summed E-state index contributed by atoms with van der Waals surface area (Å²) >= 11 is 12.3. The quantitative estimate of drug-likeness (QED) is 0.644. The maximum absolute atomic E-state index is 12.9. The molecule has 2 heterocycles. The van der Waals surface area contributed by atoms with Crippen LogP contribution in [0.25, 0.3) is 16.6 Å². The monoisotopic (exact) mass is 280 g/mol. The Labute approximate surface area is 113 Å². The second-order valence-corrected chi connectivity index (χ2v) is 4.55. The van der Waals surface area contributed by atoms with E-state index >= 15 is 0 Å². The van der Waals surface area contributed by atoms with Crippen molar-refractivity contribution in [3.8, 4) is 11.1 Å². The second kappa shape index (κ2) is 4.26. The van der Waals surface area contributed by atoms with Crippen LogP contribution in [-0.2, 0) is 0 Å². The lowest BCUT2D eigenvalue weighted by molar-refractivity contribution is 0.628. The minimum Gasteiger partial charge on any atom is -0.302 e. The molecular weight excluding hydrogens is 274 g/mol. The standard InChI is InChI=1S/C13H7Cl2FN2/c14-12-11-7-10(8-1-3-9(16)4-2-8)13(15)18(11)6-5-17-12/h1-7H. The zero-order valence-corrected chi connectivity index (χ0v) is 10.6. The fourth-order valence-corrected chi connectivity index (χ4v) is 2.38. The molecule has 0 amide bonds. The predicted molar refractivity (Wildman–Crippen MR) is 70.6 cm³/mol. The highest BCUT2D eigenvalue weighted by Gasteiger charge is 2.12. The Kier molecular flexibility index (Phi) is 2.73. The SMILES string of the molecule is Fc1ccc(-c2cc3c(Cl)nccn3c2Cl)cc1. The Morgan fingerprint density at radius 1 is 1.11 bits per heavy atom. The van der Waals surface area contributed by atoms with Crippen molar-refractivity contribution in [3.63, 3.8) is 0 Å². The molecule has 0 unspecified atom stereocenters. The summed E-state index contributed by atoms with van der Waals surface area (Å²) in [5, 5.41) is 0.911. The molecule has 3 aromatic rings. The van der Waals surface area contributed by atoms with Gasteiger partial charge in [-0.25, -0.2) is 9.37 Å². The largest absolute Gasteiger partial charge is 0.302 e. The summed E-state index contributed by atoms with van der Waals surface area (Å²) in [6.45, 7) is 0. The molecule has 5 heteroatoms. The van der Waals surface area contributed by atoms with E-state index in [-0.39, 0.29) is 5.82 Å². The minimum atomic E-state index is -0.279. The Morgan fingerprint density at radius 3 is 2.50 bits per heavy atom. The predicted octanol–water partition coefficient (Wildman–Crippen LogP) is 4.45. The first-order valence-electron chi connectivity index (χ1n) is 5.24. The van der Waals surface area contributed by atoms with Crippen molar-refractivity contribution in [3.05, 3.63) is 58.8 Å². The number of fused-ring (bicyclic) bond motifs is 1. The number of rotatable bonds is 1. The molecule has 0 bridgehead atoms. The molecule has 1 aromatic carbocycles. The van der Waals surface area contributed by atoms with Gasteiger partial charge in [0.2, 0.25) is 0 Å². The van der Waals surface area contributed by atoms with Crippen LogP contribution in [0.5, 0.6) is 0 Å². The normalized spacial score (nSPS) is 11.1. The molecule has 90 valence electrons. The molecule has 0 spiro atoms. The molecule has 0 N–H and O–H groups in total. The van der Waals surface area contributed by atoms with Gasteiger partial charge >= 0.3 is 0 Å². The molecule has 0 saturated heterocycles. The van der Waals surface area contributed by atoms with Gasteiger partial charge in [0.25, 0.3) is 0 Å². The number of hydrogen-bond acceptors (Lipinski definition) is 1. The molecule has 0 fully saturated rings. The number of hydrogen-bond donors (Lipinski definition) is 0. The van der Waals surface area contributed by atoms with E-state index in [4.69, 9.17) is 23.2 Å². The van der Waals surface area contributed by atoms with Crippen molar-refractivity contribution in [1.29, 1.82) is 0 Å². The molecule has 0 atom stereocenters. The highest BCUT2D eigenvalue weighted by Crippen LogP contribution is 2.33. The van der Waals surface area contributed by atoms with Crippen LogP contribution in [0.1, 0.15) is 0 Å². The van der Waals surface area contributed by atoms with Gasteiger partial charge < -0.3 is 4.40 Å². The van der Waals surface area contributed by atoms with Gasteiger partial charge in [-0.15, -0.1) is 0 Å². The van der Waals surface area contributed by atoms with Crippen LogP contribution in [0.3, 0.4) is 0 Å². The van der Waals surface area contributed by atoms with Crippen LogP contribution in [-0.4, -0.2) is 9.38 Å². The number of aromatic nitrogens is 2. The smallest absolute Gasteiger partial charge is 0.153 e. The van der Waals surface area contributed by atoms with Crippen LogP contribution < -0.4 is 0 Å². The maximum atomic E-state index is 12.9. The zero-order chi connectivity index (χ0) is 12.7. The Hall–Kier alpha value is -1.58. The third-order valence-corrected chi connectivity index (χ3v) is 3.42. The van der Waals surface area contributed by atoms with Gasteiger partial charge in [0.15, 0.2) is 5.15 Å². The van der Waals surface area contributed by atoms with Gasteiger partial charge in [-0.1, -0.05) is 35.3 Å². The van der Waals surface area contributed by atoms with Crippen molar-refractivity contribution in [2.75, 3.05) is 0 Å². The first-order valence-corrected chi connectivity index (χ1v) is 5.99. The van der Waals surface area contributed by atoms with Gasteiger partial charge in [-0.05, 0) is 23.8 Å². The van der Waals surface area contributed by atoms with Gasteiger partial charge in [0.1, 0.15) is 11.0 Å². The molecule has 2 nitrogen and oxygen atoms in total. The highest BCUT2D eigenvalue weighted by atomic mass is 35.5. The molecule has 0 radical (unpaired) electrons. The first kappa shape index (κ1) is 11.5. The summed E-state index contributed by atoms with van der Waals surface area (Å²) in [6.07, 6.45) is 3.31. The summed E-state index contributed by atoms with van der Waals surface area (Å²) in [6, 6.07) is 7.99. The third-order valence-electron chi connectivity index (χ3n) is 2.74. The number of halogens is 3.